The summed E-state index contributed by atoms with van der Waals surface area (Å²) in [6.07, 6.45) is -2.73. The van der Waals surface area contributed by atoms with Gasteiger partial charge in [-0.1, -0.05) is 0 Å². The molecule has 2 atom stereocenters. The van der Waals surface area contributed by atoms with Gasteiger partial charge in [-0.2, -0.15) is 13.2 Å². The molecule has 2 heterocycles. The van der Waals surface area contributed by atoms with Crippen molar-refractivity contribution in [3.8, 4) is 0 Å². The van der Waals surface area contributed by atoms with E-state index in [1.807, 2.05) is 13.8 Å². The number of likely N-dealkylation sites (tertiary alicyclic amines) is 1. The predicted molar refractivity (Wildman–Crippen MR) is 80.2 cm³/mol. The lowest BCUT2D eigenvalue weighted by Crippen LogP contribution is -2.54. The standard InChI is InChI=1S/C15H26F3N3O2/c1-11-9-23-12(2)8-21(11)14(22)19-7-13-3-5-20(6-4-13)10-15(16,17)18/h11-13H,3-10H2,1-2H3,(H,19,22)/t11-,12+/m0/s1. The van der Waals surface area contributed by atoms with E-state index in [0.717, 1.165) is 0 Å². The second-order valence-electron chi connectivity index (χ2n) is 6.67. The number of nitrogens with one attached hydrogen (secondary N) is 1. The first-order valence-corrected chi connectivity index (χ1v) is 8.20. The van der Waals surface area contributed by atoms with Crippen molar-refractivity contribution in [2.75, 3.05) is 39.3 Å². The zero-order valence-electron chi connectivity index (χ0n) is 13.7. The molecule has 0 unspecified atom stereocenters. The van der Waals surface area contributed by atoms with E-state index in [4.69, 9.17) is 4.74 Å². The summed E-state index contributed by atoms with van der Waals surface area (Å²) in [7, 11) is 0. The minimum atomic E-state index is -4.13. The van der Waals surface area contributed by atoms with Crippen LogP contribution in [0.15, 0.2) is 0 Å². The lowest BCUT2D eigenvalue weighted by Gasteiger charge is -2.37. The Labute approximate surface area is 135 Å². The van der Waals surface area contributed by atoms with Crippen LogP contribution in [0.5, 0.6) is 0 Å². The van der Waals surface area contributed by atoms with Gasteiger partial charge in [-0.05, 0) is 45.7 Å². The van der Waals surface area contributed by atoms with E-state index in [1.54, 1.807) is 4.90 Å². The molecule has 0 aromatic rings. The molecular weight excluding hydrogens is 311 g/mol. The maximum Gasteiger partial charge on any atom is 0.401 e. The number of hydrogen-bond acceptors (Lipinski definition) is 3. The van der Waals surface area contributed by atoms with E-state index in [0.29, 0.717) is 45.6 Å². The Morgan fingerprint density at radius 3 is 2.52 bits per heavy atom. The molecule has 1 N–H and O–H groups in total. The smallest absolute Gasteiger partial charge is 0.375 e. The fourth-order valence-electron chi connectivity index (χ4n) is 3.12. The number of alkyl halides is 3. The summed E-state index contributed by atoms with van der Waals surface area (Å²) >= 11 is 0. The molecule has 2 rings (SSSR count). The second-order valence-corrected chi connectivity index (χ2v) is 6.67. The highest BCUT2D eigenvalue weighted by atomic mass is 19.4. The topological polar surface area (TPSA) is 44.8 Å². The van der Waals surface area contributed by atoms with Gasteiger partial charge in [-0.3, -0.25) is 4.90 Å². The van der Waals surface area contributed by atoms with Crippen LogP contribution in [0, 0.1) is 5.92 Å². The van der Waals surface area contributed by atoms with Crippen molar-refractivity contribution >= 4 is 6.03 Å². The molecule has 0 aromatic heterocycles. The molecule has 23 heavy (non-hydrogen) atoms. The van der Waals surface area contributed by atoms with E-state index >= 15 is 0 Å². The van der Waals surface area contributed by atoms with Gasteiger partial charge in [0.2, 0.25) is 0 Å². The number of carbonyl (C=O) groups excluding carboxylic acids is 1. The highest BCUT2D eigenvalue weighted by Gasteiger charge is 2.33. The zero-order valence-corrected chi connectivity index (χ0v) is 13.7. The molecule has 2 aliphatic heterocycles. The Bertz CT molecular complexity index is 398. The van der Waals surface area contributed by atoms with Crippen LogP contribution < -0.4 is 5.32 Å². The van der Waals surface area contributed by atoms with Gasteiger partial charge in [-0.15, -0.1) is 0 Å². The maximum atomic E-state index is 12.4. The molecule has 8 heteroatoms. The number of rotatable bonds is 3. The summed E-state index contributed by atoms with van der Waals surface area (Å²) in [4.78, 5) is 15.5. The average molecular weight is 337 g/mol. The van der Waals surface area contributed by atoms with Crippen LogP contribution in [-0.4, -0.2) is 73.5 Å². The lowest BCUT2D eigenvalue weighted by atomic mass is 9.97. The van der Waals surface area contributed by atoms with Gasteiger partial charge >= 0.3 is 12.2 Å². The largest absolute Gasteiger partial charge is 0.401 e. The van der Waals surface area contributed by atoms with Gasteiger partial charge in [0.25, 0.3) is 0 Å². The summed E-state index contributed by atoms with van der Waals surface area (Å²) in [6, 6.07) is -0.0646. The molecule has 2 amide bonds. The van der Waals surface area contributed by atoms with Crippen molar-refractivity contribution in [3.05, 3.63) is 0 Å². The van der Waals surface area contributed by atoms with Gasteiger partial charge < -0.3 is 15.0 Å². The third kappa shape index (κ3) is 5.84. The Morgan fingerprint density at radius 2 is 1.91 bits per heavy atom. The molecule has 2 saturated heterocycles. The summed E-state index contributed by atoms with van der Waals surface area (Å²) in [5, 5.41) is 2.93. The zero-order chi connectivity index (χ0) is 17.0. The number of nitrogens with zero attached hydrogens (tertiary/aromatic N) is 2. The highest BCUT2D eigenvalue weighted by Crippen LogP contribution is 2.22. The Balaban J connectivity index is 1.69. The number of urea groups is 1. The van der Waals surface area contributed by atoms with Gasteiger partial charge in [0.1, 0.15) is 0 Å². The fourth-order valence-corrected chi connectivity index (χ4v) is 3.12. The van der Waals surface area contributed by atoms with Crippen molar-refractivity contribution in [1.82, 2.24) is 15.1 Å². The average Bonchev–Trinajstić information content (AvgIpc) is 2.47. The first kappa shape index (κ1) is 18.3. The molecule has 2 fully saturated rings. The van der Waals surface area contributed by atoms with Gasteiger partial charge in [0, 0.05) is 13.1 Å². The fraction of sp³-hybridized carbons (Fsp3) is 0.933. The monoisotopic (exact) mass is 337 g/mol. The lowest BCUT2D eigenvalue weighted by molar-refractivity contribution is -0.148. The van der Waals surface area contributed by atoms with Crippen molar-refractivity contribution in [1.29, 1.82) is 0 Å². The van der Waals surface area contributed by atoms with E-state index in [-0.39, 0.29) is 24.1 Å². The van der Waals surface area contributed by atoms with Crippen LogP contribution in [0.3, 0.4) is 0 Å². The number of amides is 2. The minimum Gasteiger partial charge on any atom is -0.375 e. The number of halogens is 3. The van der Waals surface area contributed by atoms with E-state index in [2.05, 4.69) is 5.32 Å². The van der Waals surface area contributed by atoms with Crippen LogP contribution >= 0.6 is 0 Å². The number of carbonyl (C=O) groups is 1. The highest BCUT2D eigenvalue weighted by molar-refractivity contribution is 5.74. The normalized spacial score (nSPS) is 28.0. The summed E-state index contributed by atoms with van der Waals surface area (Å²) in [5.41, 5.74) is 0. The molecule has 0 saturated carbocycles. The SMILES string of the molecule is C[C@@H]1CN(C(=O)NCC2CCN(CC(F)(F)F)CC2)[C@@H](C)CO1. The molecule has 0 radical (unpaired) electrons. The molecule has 0 bridgehead atoms. The number of hydrogen-bond donors (Lipinski definition) is 1. The predicted octanol–water partition coefficient (Wildman–Crippen LogP) is 2.08. The van der Waals surface area contributed by atoms with Crippen LogP contribution in [0.4, 0.5) is 18.0 Å². The van der Waals surface area contributed by atoms with Gasteiger partial charge in [0.05, 0.1) is 25.3 Å². The van der Waals surface area contributed by atoms with Crippen molar-refractivity contribution < 1.29 is 22.7 Å². The summed E-state index contributed by atoms with van der Waals surface area (Å²) in [6.45, 7) is 5.54. The van der Waals surface area contributed by atoms with Gasteiger partial charge in [0.15, 0.2) is 0 Å². The molecule has 0 aliphatic carbocycles. The third-order valence-electron chi connectivity index (χ3n) is 4.52. The van der Waals surface area contributed by atoms with Gasteiger partial charge in [-0.25, -0.2) is 4.79 Å². The van der Waals surface area contributed by atoms with Crippen molar-refractivity contribution in [2.45, 2.75) is 45.0 Å². The van der Waals surface area contributed by atoms with Crippen LogP contribution in [-0.2, 0) is 4.74 Å². The number of ether oxygens (including phenoxy) is 1. The molecule has 2 aliphatic rings. The van der Waals surface area contributed by atoms with Crippen molar-refractivity contribution in [3.63, 3.8) is 0 Å². The number of morpholine rings is 1. The molecule has 0 spiro atoms. The summed E-state index contributed by atoms with van der Waals surface area (Å²) < 4.78 is 42.6. The first-order valence-electron chi connectivity index (χ1n) is 8.20. The van der Waals surface area contributed by atoms with Crippen LogP contribution in [0.2, 0.25) is 0 Å². The quantitative estimate of drug-likeness (QED) is 0.858. The third-order valence-corrected chi connectivity index (χ3v) is 4.52. The first-order chi connectivity index (χ1) is 10.7. The molecule has 5 nitrogen and oxygen atoms in total. The molecule has 0 aromatic carbocycles. The second kappa shape index (κ2) is 7.70. The van der Waals surface area contributed by atoms with E-state index < -0.39 is 12.7 Å². The van der Waals surface area contributed by atoms with Crippen LogP contribution in [0.1, 0.15) is 26.7 Å². The van der Waals surface area contributed by atoms with E-state index in [9.17, 15) is 18.0 Å². The molecule has 134 valence electrons. The molecular formula is C15H26F3N3O2. The van der Waals surface area contributed by atoms with Crippen molar-refractivity contribution in [2.24, 2.45) is 5.92 Å². The Hall–Kier alpha value is -1.02. The number of piperidine rings is 1. The minimum absolute atomic E-state index is 0.0301. The van der Waals surface area contributed by atoms with Crippen LogP contribution in [0.25, 0.3) is 0 Å². The Morgan fingerprint density at radius 1 is 1.26 bits per heavy atom. The van der Waals surface area contributed by atoms with E-state index in [1.165, 1.54) is 4.90 Å². The maximum absolute atomic E-state index is 12.4. The Kier molecular flexibility index (Phi) is 6.13. The summed E-state index contributed by atoms with van der Waals surface area (Å²) in [5.74, 6) is 0.247.